The van der Waals surface area contributed by atoms with Crippen molar-refractivity contribution in [2.24, 2.45) is 0 Å². The van der Waals surface area contributed by atoms with E-state index < -0.39 is 0 Å². The van der Waals surface area contributed by atoms with Crippen molar-refractivity contribution < 1.29 is 4.79 Å². The quantitative estimate of drug-likeness (QED) is 0.754. The molecule has 2 heterocycles. The van der Waals surface area contributed by atoms with Crippen LogP contribution in [0.3, 0.4) is 0 Å². The van der Waals surface area contributed by atoms with Crippen molar-refractivity contribution in [1.82, 2.24) is 19.6 Å². The maximum atomic E-state index is 11.7. The molecule has 1 amide bonds. The van der Waals surface area contributed by atoms with E-state index in [1.807, 2.05) is 11.8 Å². The van der Waals surface area contributed by atoms with E-state index in [-0.39, 0.29) is 0 Å². The Morgan fingerprint density at radius 3 is 1.90 bits per heavy atom. The molecule has 2 fully saturated rings. The Morgan fingerprint density at radius 2 is 1.43 bits per heavy atom. The molecule has 5 nitrogen and oxygen atoms in total. The predicted molar refractivity (Wildman–Crippen MR) is 86.2 cm³/mol. The van der Waals surface area contributed by atoms with Crippen LogP contribution in [0.25, 0.3) is 0 Å². The molecule has 0 aromatic rings. The minimum Gasteiger partial charge on any atom is -0.340 e. The molecular formula is C16H32N4O. The molecule has 0 aromatic heterocycles. The minimum absolute atomic E-state index is 0.303. The zero-order valence-corrected chi connectivity index (χ0v) is 14.1. The van der Waals surface area contributed by atoms with Crippen LogP contribution in [0.15, 0.2) is 0 Å². The van der Waals surface area contributed by atoms with E-state index in [2.05, 4.69) is 28.5 Å². The monoisotopic (exact) mass is 296 g/mol. The van der Waals surface area contributed by atoms with Gasteiger partial charge in [0, 0.05) is 64.8 Å². The third kappa shape index (κ3) is 4.66. The summed E-state index contributed by atoms with van der Waals surface area (Å²) in [6.45, 7) is 16.2. The number of amides is 1. The van der Waals surface area contributed by atoms with Crippen LogP contribution in [0.2, 0.25) is 0 Å². The molecule has 2 aliphatic rings. The van der Waals surface area contributed by atoms with E-state index in [4.69, 9.17) is 0 Å². The predicted octanol–water partition coefficient (Wildman–Crippen LogP) is 0.914. The molecule has 0 saturated carbocycles. The standard InChI is InChI=1S/C16H32N4O/c1-4-15(3)19-10-6-17(7-11-19)14-18-8-12-20(13-9-18)16(21)5-2/h15H,4-14H2,1-3H3. The fraction of sp³-hybridized carbons (Fsp3) is 0.938. The van der Waals surface area contributed by atoms with E-state index in [0.717, 1.165) is 38.9 Å². The topological polar surface area (TPSA) is 30.0 Å². The van der Waals surface area contributed by atoms with Crippen molar-refractivity contribution in [3.05, 3.63) is 0 Å². The Labute approximate surface area is 129 Å². The van der Waals surface area contributed by atoms with Crippen molar-refractivity contribution in [1.29, 1.82) is 0 Å². The normalized spacial score (nSPS) is 24.2. The average Bonchev–Trinajstić information content (AvgIpc) is 2.55. The van der Waals surface area contributed by atoms with Crippen LogP contribution in [0, 0.1) is 0 Å². The van der Waals surface area contributed by atoms with Gasteiger partial charge in [-0.3, -0.25) is 19.5 Å². The van der Waals surface area contributed by atoms with E-state index in [1.165, 1.54) is 32.6 Å². The Kier molecular flexibility index (Phi) is 6.45. The third-order valence-electron chi connectivity index (χ3n) is 5.05. The van der Waals surface area contributed by atoms with E-state index in [9.17, 15) is 4.79 Å². The lowest BCUT2D eigenvalue weighted by Crippen LogP contribution is -2.55. The Balaban J connectivity index is 1.67. The van der Waals surface area contributed by atoms with Gasteiger partial charge < -0.3 is 4.90 Å². The first-order valence-corrected chi connectivity index (χ1v) is 8.60. The first kappa shape index (κ1) is 16.7. The second-order valence-electron chi connectivity index (χ2n) is 6.41. The summed E-state index contributed by atoms with van der Waals surface area (Å²) in [5.41, 5.74) is 0. The fourth-order valence-corrected chi connectivity index (χ4v) is 3.25. The molecular weight excluding hydrogens is 264 g/mol. The molecule has 0 aliphatic carbocycles. The lowest BCUT2D eigenvalue weighted by Gasteiger charge is -2.41. The van der Waals surface area contributed by atoms with Gasteiger partial charge in [-0.25, -0.2) is 0 Å². The zero-order chi connectivity index (χ0) is 15.2. The van der Waals surface area contributed by atoms with Gasteiger partial charge in [-0.1, -0.05) is 13.8 Å². The highest BCUT2D eigenvalue weighted by atomic mass is 16.2. The van der Waals surface area contributed by atoms with Crippen LogP contribution >= 0.6 is 0 Å². The summed E-state index contributed by atoms with van der Waals surface area (Å²) in [4.78, 5) is 21.4. The Morgan fingerprint density at radius 1 is 0.905 bits per heavy atom. The van der Waals surface area contributed by atoms with Gasteiger partial charge in [0.2, 0.25) is 5.91 Å². The van der Waals surface area contributed by atoms with E-state index >= 15 is 0 Å². The molecule has 21 heavy (non-hydrogen) atoms. The van der Waals surface area contributed by atoms with Crippen LogP contribution in [0.4, 0.5) is 0 Å². The van der Waals surface area contributed by atoms with Crippen LogP contribution in [0.1, 0.15) is 33.6 Å². The van der Waals surface area contributed by atoms with E-state index in [1.54, 1.807) is 0 Å². The summed E-state index contributed by atoms with van der Waals surface area (Å²) in [5.74, 6) is 0.303. The highest BCUT2D eigenvalue weighted by Gasteiger charge is 2.24. The number of rotatable bonds is 5. The lowest BCUT2D eigenvalue weighted by atomic mass is 10.2. The van der Waals surface area contributed by atoms with Gasteiger partial charge in [-0.15, -0.1) is 0 Å². The number of carbonyl (C=O) groups is 1. The highest BCUT2D eigenvalue weighted by Crippen LogP contribution is 2.10. The van der Waals surface area contributed by atoms with Crippen molar-refractivity contribution >= 4 is 5.91 Å². The van der Waals surface area contributed by atoms with Crippen LogP contribution in [0.5, 0.6) is 0 Å². The number of piperazine rings is 2. The zero-order valence-electron chi connectivity index (χ0n) is 14.1. The SMILES string of the molecule is CCC(=O)N1CCN(CN2CCN(C(C)CC)CC2)CC1. The molecule has 2 saturated heterocycles. The second kappa shape index (κ2) is 8.11. The molecule has 5 heteroatoms. The summed E-state index contributed by atoms with van der Waals surface area (Å²) >= 11 is 0. The third-order valence-corrected chi connectivity index (χ3v) is 5.05. The van der Waals surface area contributed by atoms with Crippen molar-refractivity contribution in [3.63, 3.8) is 0 Å². The molecule has 2 aliphatic heterocycles. The first-order valence-electron chi connectivity index (χ1n) is 8.60. The molecule has 1 unspecified atom stereocenters. The summed E-state index contributed by atoms with van der Waals surface area (Å²) in [6, 6.07) is 0.718. The van der Waals surface area contributed by atoms with Crippen LogP contribution < -0.4 is 0 Å². The van der Waals surface area contributed by atoms with Crippen molar-refractivity contribution in [2.45, 2.75) is 39.7 Å². The molecule has 122 valence electrons. The Bertz CT molecular complexity index is 320. The minimum atomic E-state index is 0.303. The largest absolute Gasteiger partial charge is 0.340 e. The van der Waals surface area contributed by atoms with Gasteiger partial charge in [-0.2, -0.15) is 0 Å². The number of hydrogen-bond donors (Lipinski definition) is 0. The molecule has 2 rings (SSSR count). The van der Waals surface area contributed by atoms with Gasteiger partial charge in [0.1, 0.15) is 0 Å². The summed E-state index contributed by atoms with van der Waals surface area (Å²) in [7, 11) is 0. The molecule has 0 aromatic carbocycles. The van der Waals surface area contributed by atoms with Crippen LogP contribution in [-0.4, -0.2) is 90.6 Å². The molecule has 0 bridgehead atoms. The fourth-order valence-electron chi connectivity index (χ4n) is 3.25. The summed E-state index contributed by atoms with van der Waals surface area (Å²) in [6.07, 6.45) is 1.88. The van der Waals surface area contributed by atoms with Crippen LogP contribution in [-0.2, 0) is 4.79 Å². The van der Waals surface area contributed by atoms with Crippen molar-refractivity contribution in [3.8, 4) is 0 Å². The summed E-state index contributed by atoms with van der Waals surface area (Å²) in [5, 5.41) is 0. The maximum absolute atomic E-state index is 11.7. The smallest absolute Gasteiger partial charge is 0.222 e. The van der Waals surface area contributed by atoms with Gasteiger partial charge in [0.25, 0.3) is 0 Å². The number of carbonyl (C=O) groups excluding carboxylic acids is 1. The van der Waals surface area contributed by atoms with Crippen molar-refractivity contribution in [2.75, 3.05) is 59.0 Å². The second-order valence-corrected chi connectivity index (χ2v) is 6.41. The number of nitrogens with zero attached hydrogens (tertiary/aromatic N) is 4. The molecule has 0 spiro atoms. The maximum Gasteiger partial charge on any atom is 0.222 e. The van der Waals surface area contributed by atoms with Gasteiger partial charge in [0.05, 0.1) is 6.67 Å². The first-order chi connectivity index (χ1) is 10.1. The molecule has 1 atom stereocenters. The van der Waals surface area contributed by atoms with Gasteiger partial charge in [0.15, 0.2) is 0 Å². The van der Waals surface area contributed by atoms with E-state index in [0.29, 0.717) is 12.3 Å². The summed E-state index contributed by atoms with van der Waals surface area (Å²) < 4.78 is 0. The molecule has 0 N–H and O–H groups in total. The average molecular weight is 296 g/mol. The lowest BCUT2D eigenvalue weighted by molar-refractivity contribution is -0.132. The van der Waals surface area contributed by atoms with Gasteiger partial charge in [-0.05, 0) is 13.3 Å². The highest BCUT2D eigenvalue weighted by molar-refractivity contribution is 5.75. The molecule has 0 radical (unpaired) electrons. The Hall–Kier alpha value is -0.650. The number of hydrogen-bond acceptors (Lipinski definition) is 4. The van der Waals surface area contributed by atoms with Gasteiger partial charge >= 0.3 is 0 Å².